The molecular weight excluding hydrogens is 356 g/mol. The Morgan fingerprint density at radius 1 is 0.821 bits per heavy atom. The predicted octanol–water partition coefficient (Wildman–Crippen LogP) is 4.81. The number of hydrogen-bond donors (Lipinski definition) is 0. The zero-order valence-electron chi connectivity index (χ0n) is 15.9. The fourth-order valence-corrected chi connectivity index (χ4v) is 3.14. The van der Waals surface area contributed by atoms with Gasteiger partial charge in [-0.25, -0.2) is 9.59 Å². The summed E-state index contributed by atoms with van der Waals surface area (Å²) in [6, 6.07) is 19.4. The van der Waals surface area contributed by atoms with Crippen molar-refractivity contribution in [2.75, 3.05) is 13.2 Å². The molecule has 0 radical (unpaired) electrons. The molecule has 3 rings (SSSR count). The van der Waals surface area contributed by atoms with Gasteiger partial charge in [-0.05, 0) is 25.0 Å². The molecule has 1 heterocycles. The normalized spacial score (nSPS) is 10.7. The molecule has 0 unspecified atom stereocenters. The van der Waals surface area contributed by atoms with Gasteiger partial charge in [0.25, 0.3) is 0 Å². The van der Waals surface area contributed by atoms with Crippen LogP contribution in [0.15, 0.2) is 71.3 Å². The Labute approximate surface area is 163 Å². The number of rotatable bonds is 7. The van der Waals surface area contributed by atoms with E-state index in [0.717, 1.165) is 11.1 Å². The third kappa shape index (κ3) is 3.98. The molecular formula is C23H22O5. The molecule has 0 fully saturated rings. The van der Waals surface area contributed by atoms with E-state index >= 15 is 0 Å². The van der Waals surface area contributed by atoms with E-state index in [2.05, 4.69) is 0 Å². The fourth-order valence-electron chi connectivity index (χ4n) is 3.14. The van der Waals surface area contributed by atoms with Crippen LogP contribution in [0.4, 0.5) is 0 Å². The van der Waals surface area contributed by atoms with E-state index in [1.807, 2.05) is 60.7 Å². The molecule has 0 bridgehead atoms. The van der Waals surface area contributed by atoms with Crippen molar-refractivity contribution in [1.29, 1.82) is 0 Å². The van der Waals surface area contributed by atoms with Crippen molar-refractivity contribution in [3.05, 3.63) is 94.9 Å². The highest BCUT2D eigenvalue weighted by molar-refractivity contribution is 6.04. The number of carbonyl (C=O) groups is 2. The number of carbonyl (C=O) groups excluding carboxylic acids is 2. The molecule has 3 aromatic rings. The lowest BCUT2D eigenvalue weighted by Gasteiger charge is -2.17. The summed E-state index contributed by atoms with van der Waals surface area (Å²) >= 11 is 0. The molecule has 0 aliphatic heterocycles. The van der Waals surface area contributed by atoms with E-state index in [4.69, 9.17) is 13.9 Å². The van der Waals surface area contributed by atoms with E-state index in [0.29, 0.717) is 5.76 Å². The van der Waals surface area contributed by atoms with Crippen LogP contribution in [0.1, 0.15) is 57.4 Å². The molecule has 1 aromatic heterocycles. The van der Waals surface area contributed by atoms with Crippen molar-refractivity contribution in [2.45, 2.75) is 19.8 Å². The van der Waals surface area contributed by atoms with E-state index in [-0.39, 0.29) is 30.3 Å². The Morgan fingerprint density at radius 3 is 1.82 bits per heavy atom. The maximum atomic E-state index is 12.7. The van der Waals surface area contributed by atoms with Crippen LogP contribution in [0.5, 0.6) is 0 Å². The summed E-state index contributed by atoms with van der Waals surface area (Å²) in [6.45, 7) is 3.81. The minimum Gasteiger partial charge on any atom is -0.466 e. The van der Waals surface area contributed by atoms with Crippen molar-refractivity contribution in [3.8, 4) is 0 Å². The number of hydrogen-bond acceptors (Lipinski definition) is 5. The van der Waals surface area contributed by atoms with Crippen LogP contribution in [-0.2, 0) is 9.47 Å². The quantitative estimate of drug-likeness (QED) is 0.552. The second-order valence-electron chi connectivity index (χ2n) is 6.08. The molecule has 2 aromatic carbocycles. The predicted molar refractivity (Wildman–Crippen MR) is 104 cm³/mol. The summed E-state index contributed by atoms with van der Waals surface area (Å²) < 4.78 is 16.1. The fraction of sp³-hybridized carbons (Fsp3) is 0.217. The summed E-state index contributed by atoms with van der Waals surface area (Å²) in [7, 11) is 0. The maximum absolute atomic E-state index is 12.7. The summed E-state index contributed by atoms with van der Waals surface area (Å²) in [4.78, 5) is 25.1. The van der Waals surface area contributed by atoms with Crippen LogP contribution in [0.25, 0.3) is 0 Å². The number of ether oxygens (including phenoxy) is 2. The molecule has 28 heavy (non-hydrogen) atoms. The first-order chi connectivity index (χ1) is 13.7. The molecule has 0 spiro atoms. The van der Waals surface area contributed by atoms with Crippen molar-refractivity contribution in [3.63, 3.8) is 0 Å². The Kier molecular flexibility index (Phi) is 6.27. The lowest BCUT2D eigenvalue weighted by atomic mass is 9.87. The average Bonchev–Trinajstić information content (AvgIpc) is 3.15. The standard InChI is InChI=1S/C23H22O5/c1-3-26-22(24)18-15-28-21(20(18)23(25)27-4-2)19(16-11-7-5-8-12-16)17-13-9-6-10-14-17/h5-15,19H,3-4H2,1-2H3. The molecule has 0 aliphatic rings. The molecule has 5 heteroatoms. The van der Waals surface area contributed by atoms with Gasteiger partial charge in [0, 0.05) is 0 Å². The molecule has 5 nitrogen and oxygen atoms in total. The zero-order chi connectivity index (χ0) is 19.9. The van der Waals surface area contributed by atoms with Crippen molar-refractivity contribution in [2.24, 2.45) is 0 Å². The molecule has 0 N–H and O–H groups in total. The van der Waals surface area contributed by atoms with Crippen LogP contribution in [0.3, 0.4) is 0 Å². The maximum Gasteiger partial charge on any atom is 0.342 e. The zero-order valence-corrected chi connectivity index (χ0v) is 15.9. The van der Waals surface area contributed by atoms with Gasteiger partial charge in [-0.1, -0.05) is 60.7 Å². The highest BCUT2D eigenvalue weighted by Gasteiger charge is 2.32. The van der Waals surface area contributed by atoms with E-state index in [9.17, 15) is 9.59 Å². The Hall–Kier alpha value is -3.34. The van der Waals surface area contributed by atoms with E-state index in [1.165, 1.54) is 6.26 Å². The highest BCUT2D eigenvalue weighted by Crippen LogP contribution is 2.36. The molecule has 0 aliphatic carbocycles. The lowest BCUT2D eigenvalue weighted by molar-refractivity contribution is 0.0479. The molecule has 144 valence electrons. The second kappa shape index (κ2) is 9.04. The van der Waals surface area contributed by atoms with Gasteiger partial charge in [-0.3, -0.25) is 0 Å². The van der Waals surface area contributed by atoms with Gasteiger partial charge < -0.3 is 13.9 Å². The van der Waals surface area contributed by atoms with E-state index < -0.39 is 11.9 Å². The third-order valence-corrected chi connectivity index (χ3v) is 4.32. The molecule has 0 saturated carbocycles. The van der Waals surface area contributed by atoms with Crippen molar-refractivity contribution >= 4 is 11.9 Å². The summed E-state index contributed by atoms with van der Waals surface area (Å²) in [5, 5.41) is 0. The van der Waals surface area contributed by atoms with Crippen LogP contribution >= 0.6 is 0 Å². The first-order valence-electron chi connectivity index (χ1n) is 9.22. The number of benzene rings is 2. The van der Waals surface area contributed by atoms with Gasteiger partial charge in [0.2, 0.25) is 0 Å². The van der Waals surface area contributed by atoms with Gasteiger partial charge in [0.05, 0.1) is 19.1 Å². The lowest BCUT2D eigenvalue weighted by Crippen LogP contribution is -2.15. The molecule has 0 atom stereocenters. The number of furan rings is 1. The van der Waals surface area contributed by atoms with Crippen LogP contribution in [0, 0.1) is 0 Å². The third-order valence-electron chi connectivity index (χ3n) is 4.32. The summed E-state index contributed by atoms with van der Waals surface area (Å²) in [5.41, 5.74) is 2.05. The number of esters is 2. The first kappa shape index (κ1) is 19.4. The monoisotopic (exact) mass is 378 g/mol. The van der Waals surface area contributed by atoms with Crippen molar-refractivity contribution < 1.29 is 23.5 Å². The molecule has 0 saturated heterocycles. The average molecular weight is 378 g/mol. The van der Waals surface area contributed by atoms with Gasteiger partial charge in [-0.15, -0.1) is 0 Å². The Morgan fingerprint density at radius 2 is 1.32 bits per heavy atom. The van der Waals surface area contributed by atoms with Gasteiger partial charge in [-0.2, -0.15) is 0 Å². The minimum absolute atomic E-state index is 0.0761. The second-order valence-corrected chi connectivity index (χ2v) is 6.08. The van der Waals surface area contributed by atoms with Crippen LogP contribution in [0.2, 0.25) is 0 Å². The Balaban J connectivity index is 2.20. The largest absolute Gasteiger partial charge is 0.466 e. The van der Waals surface area contributed by atoms with Crippen LogP contribution < -0.4 is 0 Å². The van der Waals surface area contributed by atoms with E-state index in [1.54, 1.807) is 13.8 Å². The van der Waals surface area contributed by atoms with Gasteiger partial charge >= 0.3 is 11.9 Å². The van der Waals surface area contributed by atoms with Gasteiger partial charge in [0.1, 0.15) is 23.2 Å². The first-order valence-corrected chi connectivity index (χ1v) is 9.22. The summed E-state index contributed by atoms with van der Waals surface area (Å²) in [6.07, 6.45) is 1.28. The topological polar surface area (TPSA) is 65.7 Å². The van der Waals surface area contributed by atoms with Gasteiger partial charge in [0.15, 0.2) is 0 Å². The smallest absolute Gasteiger partial charge is 0.342 e. The molecule has 0 amide bonds. The van der Waals surface area contributed by atoms with Crippen LogP contribution in [-0.4, -0.2) is 25.2 Å². The van der Waals surface area contributed by atoms with Crippen molar-refractivity contribution in [1.82, 2.24) is 0 Å². The Bertz CT molecular complexity index is 889. The minimum atomic E-state index is -0.611. The highest BCUT2D eigenvalue weighted by atomic mass is 16.5. The summed E-state index contributed by atoms with van der Waals surface area (Å²) in [5.74, 6) is -1.23. The SMILES string of the molecule is CCOC(=O)c1coc(C(c2ccccc2)c2ccccc2)c1C(=O)OCC.